The van der Waals surface area contributed by atoms with Gasteiger partial charge >= 0.3 is 0 Å². The Morgan fingerprint density at radius 2 is 1.60 bits per heavy atom. The molecule has 0 radical (unpaired) electrons. The van der Waals surface area contributed by atoms with Crippen LogP contribution in [0.1, 0.15) is 0 Å². The molecule has 0 aliphatic heterocycles. The van der Waals surface area contributed by atoms with E-state index in [9.17, 15) is 14.9 Å². The molecule has 0 saturated heterocycles. The van der Waals surface area contributed by atoms with Crippen molar-refractivity contribution in [1.82, 2.24) is 0 Å². The summed E-state index contributed by atoms with van der Waals surface area (Å²) in [6.07, 6.45) is 0. The van der Waals surface area contributed by atoms with Crippen LogP contribution in [-0.4, -0.2) is 4.92 Å². The minimum atomic E-state index is -0.439. The van der Waals surface area contributed by atoms with Crippen LogP contribution in [0.3, 0.4) is 0 Å². The second-order valence-corrected chi connectivity index (χ2v) is 6.62. The molecule has 0 aliphatic carbocycles. The second-order valence-electron chi connectivity index (χ2n) is 5.54. The number of hydrogen-bond acceptors (Lipinski definition) is 5. The zero-order valence-electron chi connectivity index (χ0n) is 12.9. The smallest absolute Gasteiger partial charge is 0.269 e. The Morgan fingerprint density at radius 1 is 0.880 bits per heavy atom. The van der Waals surface area contributed by atoms with Crippen molar-refractivity contribution in [3.63, 3.8) is 0 Å². The number of hydrogen-bond donors (Lipinski definition) is 1. The van der Waals surface area contributed by atoms with Crippen molar-refractivity contribution in [2.75, 3.05) is 5.32 Å². The van der Waals surface area contributed by atoms with Crippen LogP contribution in [0.25, 0.3) is 20.2 Å². The first-order chi connectivity index (χ1) is 12.1. The summed E-state index contributed by atoms with van der Waals surface area (Å²) in [5, 5.41) is 15.3. The van der Waals surface area contributed by atoms with E-state index >= 15 is 0 Å². The second kappa shape index (κ2) is 5.99. The van der Waals surface area contributed by atoms with Gasteiger partial charge < -0.3 is 5.32 Å². The molecule has 0 fully saturated rings. The molecule has 0 spiro atoms. The number of nitro groups is 1. The van der Waals surface area contributed by atoms with Gasteiger partial charge in [0.2, 0.25) is 0 Å². The summed E-state index contributed by atoms with van der Waals surface area (Å²) in [6.45, 7) is 0. The number of non-ortho nitro benzene ring substituents is 1. The molecule has 3 aromatic carbocycles. The summed E-state index contributed by atoms with van der Waals surface area (Å²) in [5.41, 5.74) is 1.39. The van der Waals surface area contributed by atoms with Crippen molar-refractivity contribution in [2.45, 2.75) is 0 Å². The molecule has 5 nitrogen and oxygen atoms in total. The first-order valence-corrected chi connectivity index (χ1v) is 8.41. The number of nitrogens with zero attached hydrogens (tertiary/aromatic N) is 1. The molecule has 0 atom stereocenters. The van der Waals surface area contributed by atoms with Crippen molar-refractivity contribution in [3.8, 4) is 0 Å². The van der Waals surface area contributed by atoms with Crippen molar-refractivity contribution >= 4 is 48.6 Å². The fraction of sp³-hybridized carbons (Fsp3) is 0. The predicted molar refractivity (Wildman–Crippen MR) is 102 cm³/mol. The molecule has 4 rings (SSSR count). The third-order valence-electron chi connectivity index (χ3n) is 3.96. The number of nitro benzene ring substituents is 1. The Balaban J connectivity index is 1.86. The van der Waals surface area contributed by atoms with Gasteiger partial charge in [-0.1, -0.05) is 18.2 Å². The van der Waals surface area contributed by atoms with E-state index in [1.165, 1.54) is 12.1 Å². The number of nitrogens with one attached hydrogen (secondary N) is 1. The summed E-state index contributed by atoms with van der Waals surface area (Å²) in [4.78, 5) is 23.2. The van der Waals surface area contributed by atoms with Gasteiger partial charge in [0, 0.05) is 32.6 Å². The quantitative estimate of drug-likeness (QED) is 0.319. The maximum atomic E-state index is 12.9. The molecular formula is C19H12N2O3S. The monoisotopic (exact) mass is 348 g/mol. The average Bonchev–Trinajstić information content (AvgIpc) is 2.62. The van der Waals surface area contributed by atoms with Gasteiger partial charge in [-0.3, -0.25) is 14.9 Å². The van der Waals surface area contributed by atoms with Gasteiger partial charge in [0.1, 0.15) is 0 Å². The standard InChI is InChI=1S/C19H12N2O3S/c22-19-14-4-1-2-6-16(14)25-17-7-3-5-15(18(17)19)20-12-8-10-13(11-9-12)21(23)24/h1-11,20H. The highest BCUT2D eigenvalue weighted by atomic mass is 32.1. The van der Waals surface area contributed by atoms with Crippen LogP contribution < -0.4 is 10.7 Å². The number of rotatable bonds is 3. The van der Waals surface area contributed by atoms with Crippen LogP contribution in [0.4, 0.5) is 17.1 Å². The third-order valence-corrected chi connectivity index (χ3v) is 5.10. The molecule has 1 aromatic heterocycles. The number of anilines is 2. The van der Waals surface area contributed by atoms with Gasteiger partial charge in [-0.05, 0) is 36.4 Å². The summed E-state index contributed by atoms with van der Waals surface area (Å²) in [6, 6.07) is 19.3. The predicted octanol–water partition coefficient (Wildman–Crippen LogP) is 5.07. The number of fused-ring (bicyclic) bond motifs is 2. The Hall–Kier alpha value is -3.25. The van der Waals surface area contributed by atoms with Gasteiger partial charge in [0.25, 0.3) is 5.69 Å². The maximum Gasteiger partial charge on any atom is 0.269 e. The van der Waals surface area contributed by atoms with E-state index in [4.69, 9.17) is 0 Å². The molecule has 0 bridgehead atoms. The minimum Gasteiger partial charge on any atom is -0.355 e. The van der Waals surface area contributed by atoms with E-state index in [0.717, 1.165) is 9.40 Å². The Bertz CT molecular complexity index is 1170. The highest BCUT2D eigenvalue weighted by Gasteiger charge is 2.10. The van der Waals surface area contributed by atoms with Crippen LogP contribution in [0.15, 0.2) is 71.5 Å². The van der Waals surface area contributed by atoms with Gasteiger partial charge in [0.05, 0.1) is 16.0 Å². The van der Waals surface area contributed by atoms with Crippen molar-refractivity contribution in [3.05, 3.63) is 87.1 Å². The third kappa shape index (κ3) is 2.72. The fourth-order valence-electron chi connectivity index (χ4n) is 2.77. The molecule has 0 saturated carbocycles. The molecule has 0 amide bonds. The van der Waals surface area contributed by atoms with E-state index in [1.807, 2.05) is 42.5 Å². The molecule has 0 unspecified atom stereocenters. The molecule has 122 valence electrons. The molecular weight excluding hydrogens is 336 g/mol. The zero-order valence-corrected chi connectivity index (χ0v) is 13.7. The van der Waals surface area contributed by atoms with Crippen LogP contribution in [0.5, 0.6) is 0 Å². The lowest BCUT2D eigenvalue weighted by Crippen LogP contribution is -2.04. The largest absolute Gasteiger partial charge is 0.355 e. The van der Waals surface area contributed by atoms with Crippen molar-refractivity contribution in [2.24, 2.45) is 0 Å². The molecule has 25 heavy (non-hydrogen) atoms. The Morgan fingerprint density at radius 3 is 2.36 bits per heavy atom. The molecule has 1 N–H and O–H groups in total. The fourth-order valence-corrected chi connectivity index (χ4v) is 3.88. The average molecular weight is 348 g/mol. The van der Waals surface area contributed by atoms with E-state index in [-0.39, 0.29) is 11.1 Å². The first kappa shape index (κ1) is 15.3. The van der Waals surface area contributed by atoms with Crippen LogP contribution in [-0.2, 0) is 0 Å². The van der Waals surface area contributed by atoms with Crippen molar-refractivity contribution in [1.29, 1.82) is 0 Å². The van der Waals surface area contributed by atoms with E-state index in [0.29, 0.717) is 22.1 Å². The lowest BCUT2D eigenvalue weighted by atomic mass is 10.1. The van der Waals surface area contributed by atoms with Crippen LogP contribution in [0, 0.1) is 10.1 Å². The normalized spacial score (nSPS) is 10.9. The van der Waals surface area contributed by atoms with Crippen LogP contribution >= 0.6 is 11.3 Å². The van der Waals surface area contributed by atoms with Gasteiger partial charge in [-0.2, -0.15) is 0 Å². The molecule has 0 aliphatic rings. The van der Waals surface area contributed by atoms with Gasteiger partial charge in [-0.15, -0.1) is 11.3 Å². The highest BCUT2D eigenvalue weighted by Crippen LogP contribution is 2.30. The summed E-state index contributed by atoms with van der Waals surface area (Å²) in [5.74, 6) is 0. The lowest BCUT2D eigenvalue weighted by molar-refractivity contribution is -0.384. The summed E-state index contributed by atoms with van der Waals surface area (Å²) < 4.78 is 1.85. The topological polar surface area (TPSA) is 72.2 Å². The minimum absolute atomic E-state index is 0.0191. The number of benzene rings is 3. The van der Waals surface area contributed by atoms with E-state index in [1.54, 1.807) is 23.5 Å². The van der Waals surface area contributed by atoms with E-state index < -0.39 is 4.92 Å². The first-order valence-electron chi connectivity index (χ1n) is 7.59. The Kier molecular flexibility index (Phi) is 3.66. The lowest BCUT2D eigenvalue weighted by Gasteiger charge is -2.10. The summed E-state index contributed by atoms with van der Waals surface area (Å²) in [7, 11) is 0. The zero-order chi connectivity index (χ0) is 17.4. The summed E-state index contributed by atoms with van der Waals surface area (Å²) >= 11 is 1.57. The molecule has 4 aromatic rings. The SMILES string of the molecule is O=c1c2ccccc2sc2cccc(Nc3ccc([N+](=O)[O-])cc3)c12. The molecule has 1 heterocycles. The maximum absolute atomic E-state index is 12.9. The van der Waals surface area contributed by atoms with Gasteiger partial charge in [-0.25, -0.2) is 0 Å². The van der Waals surface area contributed by atoms with Gasteiger partial charge in [0.15, 0.2) is 5.43 Å². The van der Waals surface area contributed by atoms with Crippen LogP contribution in [0.2, 0.25) is 0 Å². The highest BCUT2D eigenvalue weighted by molar-refractivity contribution is 7.24. The molecule has 6 heteroatoms. The van der Waals surface area contributed by atoms with E-state index in [2.05, 4.69) is 5.32 Å². The van der Waals surface area contributed by atoms with Crippen molar-refractivity contribution < 1.29 is 4.92 Å². The Labute approximate surface area is 146 Å².